The summed E-state index contributed by atoms with van der Waals surface area (Å²) < 4.78 is 32.8. The van der Waals surface area contributed by atoms with Gasteiger partial charge in [-0.3, -0.25) is 4.79 Å². The first-order valence-electron chi connectivity index (χ1n) is 9.57. The van der Waals surface area contributed by atoms with Crippen molar-refractivity contribution in [2.24, 2.45) is 11.7 Å². The van der Waals surface area contributed by atoms with Gasteiger partial charge in [-0.05, 0) is 56.7 Å². The summed E-state index contributed by atoms with van der Waals surface area (Å²) in [5.74, 6) is 0.389. The molecule has 0 aromatic heterocycles. The van der Waals surface area contributed by atoms with Gasteiger partial charge in [-0.25, -0.2) is 8.42 Å². The molecule has 2 N–H and O–H groups in total. The summed E-state index contributed by atoms with van der Waals surface area (Å²) in [6.45, 7) is 4.25. The maximum absolute atomic E-state index is 13.0. The normalized spacial score (nSPS) is 22.6. The smallest absolute Gasteiger partial charge is 0.253 e. The number of hydrogen-bond acceptors (Lipinski definition) is 5. The van der Waals surface area contributed by atoms with E-state index in [4.69, 9.17) is 10.5 Å². The van der Waals surface area contributed by atoms with Crippen molar-refractivity contribution in [3.63, 3.8) is 0 Å². The average Bonchev–Trinajstić information content (AvgIpc) is 3.22. The van der Waals surface area contributed by atoms with Crippen molar-refractivity contribution in [3.05, 3.63) is 23.8 Å². The predicted octanol–water partition coefficient (Wildman–Crippen LogP) is 1.68. The topological polar surface area (TPSA) is 92.9 Å². The van der Waals surface area contributed by atoms with E-state index in [1.807, 2.05) is 6.92 Å². The van der Waals surface area contributed by atoms with Gasteiger partial charge in [0, 0.05) is 37.8 Å². The summed E-state index contributed by atoms with van der Waals surface area (Å²) in [5.41, 5.74) is 6.39. The molecule has 2 saturated heterocycles. The van der Waals surface area contributed by atoms with E-state index < -0.39 is 10.0 Å². The molecule has 27 heavy (non-hydrogen) atoms. The summed E-state index contributed by atoms with van der Waals surface area (Å²) in [5, 5.41) is 0. The fraction of sp³-hybridized carbons (Fsp3) is 0.632. The Morgan fingerprint density at radius 3 is 2.56 bits per heavy atom. The molecule has 150 valence electrons. The van der Waals surface area contributed by atoms with Gasteiger partial charge < -0.3 is 15.4 Å². The third-order valence-electron chi connectivity index (χ3n) is 5.58. The molecule has 2 aliphatic rings. The zero-order valence-corrected chi connectivity index (χ0v) is 16.9. The molecule has 0 spiro atoms. The summed E-state index contributed by atoms with van der Waals surface area (Å²) in [6.07, 6.45) is 3.63. The van der Waals surface area contributed by atoms with Gasteiger partial charge in [-0.15, -0.1) is 0 Å². The maximum Gasteiger partial charge on any atom is 0.253 e. The number of ether oxygens (including phenoxy) is 1. The van der Waals surface area contributed by atoms with Gasteiger partial charge in [0.25, 0.3) is 5.91 Å². The summed E-state index contributed by atoms with van der Waals surface area (Å²) in [7, 11) is -2.23. The molecular weight excluding hydrogens is 366 g/mol. The van der Waals surface area contributed by atoms with Gasteiger partial charge in [0.1, 0.15) is 10.6 Å². The summed E-state index contributed by atoms with van der Waals surface area (Å²) >= 11 is 0. The van der Waals surface area contributed by atoms with Crippen molar-refractivity contribution < 1.29 is 17.9 Å². The SMILES string of the molecule is COc1ccc(C(=O)N2CCCC(C(C)N)C2)cc1S(=O)(=O)N1CCCC1. The van der Waals surface area contributed by atoms with E-state index in [1.54, 1.807) is 17.0 Å². The molecule has 1 aromatic carbocycles. The number of sulfonamides is 1. The molecule has 0 bridgehead atoms. The Morgan fingerprint density at radius 1 is 1.22 bits per heavy atom. The van der Waals surface area contributed by atoms with Crippen LogP contribution in [0, 0.1) is 5.92 Å². The second kappa shape index (κ2) is 8.16. The van der Waals surface area contributed by atoms with Gasteiger partial charge in [0.2, 0.25) is 10.0 Å². The second-order valence-corrected chi connectivity index (χ2v) is 9.40. The lowest BCUT2D eigenvalue weighted by atomic mass is 9.92. The van der Waals surface area contributed by atoms with Gasteiger partial charge in [-0.1, -0.05) is 0 Å². The van der Waals surface area contributed by atoms with Crippen LogP contribution in [-0.4, -0.2) is 62.9 Å². The highest BCUT2D eigenvalue weighted by Crippen LogP contribution is 2.30. The number of amides is 1. The number of nitrogens with two attached hydrogens (primary N) is 1. The van der Waals surface area contributed by atoms with Crippen molar-refractivity contribution in [2.75, 3.05) is 33.3 Å². The van der Waals surface area contributed by atoms with Crippen LogP contribution in [0.3, 0.4) is 0 Å². The molecule has 2 unspecified atom stereocenters. The molecular formula is C19H29N3O4S. The van der Waals surface area contributed by atoms with E-state index in [1.165, 1.54) is 17.5 Å². The summed E-state index contributed by atoms with van der Waals surface area (Å²) in [6, 6.07) is 4.70. The van der Waals surface area contributed by atoms with Crippen molar-refractivity contribution in [2.45, 2.75) is 43.5 Å². The highest BCUT2D eigenvalue weighted by atomic mass is 32.2. The number of hydrogen-bond donors (Lipinski definition) is 1. The van der Waals surface area contributed by atoms with Crippen LogP contribution in [0.4, 0.5) is 0 Å². The molecule has 2 atom stereocenters. The number of carbonyl (C=O) groups is 1. The van der Waals surface area contributed by atoms with E-state index in [2.05, 4.69) is 0 Å². The van der Waals surface area contributed by atoms with Gasteiger partial charge in [-0.2, -0.15) is 4.31 Å². The standard InChI is InChI=1S/C19H29N3O4S/c1-14(20)16-6-5-9-21(13-16)19(23)15-7-8-17(26-2)18(12-15)27(24,25)22-10-3-4-11-22/h7-8,12,14,16H,3-6,9-11,13,20H2,1-2H3. The van der Waals surface area contributed by atoms with Gasteiger partial charge in [0.05, 0.1) is 7.11 Å². The molecule has 2 heterocycles. The third-order valence-corrected chi connectivity index (χ3v) is 7.50. The first-order chi connectivity index (χ1) is 12.8. The van der Waals surface area contributed by atoms with Crippen molar-refractivity contribution in [3.8, 4) is 5.75 Å². The Bertz CT molecular complexity index is 788. The predicted molar refractivity (Wildman–Crippen MR) is 103 cm³/mol. The maximum atomic E-state index is 13.0. The Balaban J connectivity index is 1.89. The largest absolute Gasteiger partial charge is 0.495 e. The number of benzene rings is 1. The Morgan fingerprint density at radius 2 is 1.93 bits per heavy atom. The number of nitrogens with zero attached hydrogens (tertiary/aromatic N) is 2. The van der Waals surface area contributed by atoms with E-state index in [9.17, 15) is 13.2 Å². The summed E-state index contributed by atoms with van der Waals surface area (Å²) in [4.78, 5) is 14.9. The number of likely N-dealkylation sites (tertiary alicyclic amines) is 1. The van der Waals surface area contributed by atoms with Gasteiger partial charge >= 0.3 is 0 Å². The van der Waals surface area contributed by atoms with E-state index in [0.29, 0.717) is 31.7 Å². The molecule has 8 heteroatoms. The average molecular weight is 396 g/mol. The fourth-order valence-corrected chi connectivity index (χ4v) is 5.58. The highest BCUT2D eigenvalue weighted by molar-refractivity contribution is 7.89. The minimum absolute atomic E-state index is 0.0302. The quantitative estimate of drug-likeness (QED) is 0.819. The van der Waals surface area contributed by atoms with Crippen LogP contribution in [0.1, 0.15) is 43.0 Å². The van der Waals surface area contributed by atoms with E-state index in [0.717, 1.165) is 25.7 Å². The van der Waals surface area contributed by atoms with Gasteiger partial charge in [0.15, 0.2) is 0 Å². The lowest BCUT2D eigenvalue weighted by Gasteiger charge is -2.34. The Hall–Kier alpha value is -1.64. The van der Waals surface area contributed by atoms with Crippen LogP contribution in [-0.2, 0) is 10.0 Å². The minimum Gasteiger partial charge on any atom is -0.495 e. The molecule has 1 aromatic rings. The number of piperidine rings is 1. The zero-order chi connectivity index (χ0) is 19.6. The van der Waals surface area contributed by atoms with E-state index in [-0.39, 0.29) is 28.5 Å². The molecule has 0 radical (unpaired) electrons. The van der Waals surface area contributed by atoms with Crippen molar-refractivity contribution in [1.29, 1.82) is 0 Å². The first kappa shape index (κ1) is 20.1. The number of rotatable bonds is 5. The second-order valence-electron chi connectivity index (χ2n) is 7.49. The first-order valence-corrected chi connectivity index (χ1v) is 11.0. The van der Waals surface area contributed by atoms with Crippen LogP contribution < -0.4 is 10.5 Å². The van der Waals surface area contributed by atoms with Crippen molar-refractivity contribution >= 4 is 15.9 Å². The molecule has 3 rings (SSSR count). The van der Waals surface area contributed by atoms with Crippen LogP contribution in [0.25, 0.3) is 0 Å². The van der Waals surface area contributed by atoms with E-state index >= 15 is 0 Å². The molecule has 1 amide bonds. The lowest BCUT2D eigenvalue weighted by Crippen LogP contribution is -2.45. The molecule has 7 nitrogen and oxygen atoms in total. The number of methoxy groups -OCH3 is 1. The van der Waals surface area contributed by atoms with Crippen LogP contribution >= 0.6 is 0 Å². The Kier molecular flexibility index (Phi) is 6.08. The monoisotopic (exact) mass is 395 g/mol. The Labute approximate surface area is 161 Å². The fourth-order valence-electron chi connectivity index (χ4n) is 3.89. The zero-order valence-electron chi connectivity index (χ0n) is 16.1. The van der Waals surface area contributed by atoms with Crippen LogP contribution in [0.15, 0.2) is 23.1 Å². The molecule has 0 aliphatic carbocycles. The molecule has 2 fully saturated rings. The lowest BCUT2D eigenvalue weighted by molar-refractivity contribution is 0.0660. The van der Waals surface area contributed by atoms with Crippen LogP contribution in [0.5, 0.6) is 5.75 Å². The highest BCUT2D eigenvalue weighted by Gasteiger charge is 2.32. The van der Waals surface area contributed by atoms with Crippen molar-refractivity contribution in [1.82, 2.24) is 9.21 Å². The minimum atomic E-state index is -3.67. The third kappa shape index (κ3) is 4.12. The molecule has 2 aliphatic heterocycles. The molecule has 0 saturated carbocycles. The number of carbonyl (C=O) groups excluding carboxylic acids is 1. The van der Waals surface area contributed by atoms with Crippen LogP contribution in [0.2, 0.25) is 0 Å².